The van der Waals surface area contributed by atoms with Crippen LogP contribution >= 0.6 is 0 Å². The molecule has 2 N–H and O–H groups in total. The number of para-hydroxylation sites is 1. The predicted octanol–water partition coefficient (Wildman–Crippen LogP) is 2.78. The van der Waals surface area contributed by atoms with Crippen molar-refractivity contribution in [3.05, 3.63) is 65.5 Å². The monoisotopic (exact) mass is 454 g/mol. The third kappa shape index (κ3) is 5.02. The summed E-state index contributed by atoms with van der Waals surface area (Å²) in [6.07, 6.45) is 0.580. The highest BCUT2D eigenvalue weighted by Crippen LogP contribution is 2.30. The molecule has 0 radical (unpaired) electrons. The summed E-state index contributed by atoms with van der Waals surface area (Å²) in [5.74, 6) is -2.31. The number of nitrogens with one attached hydrogen (secondary N) is 2. The fraction of sp³-hybridized carbons (Fsp3) is 0.333. The van der Waals surface area contributed by atoms with Crippen LogP contribution in [0, 0.1) is 12.7 Å². The lowest BCUT2D eigenvalue weighted by molar-refractivity contribution is -0.140. The van der Waals surface area contributed by atoms with E-state index in [2.05, 4.69) is 10.6 Å². The van der Waals surface area contributed by atoms with E-state index in [9.17, 15) is 23.6 Å². The average molecular weight is 455 g/mol. The smallest absolute Gasteiger partial charge is 0.325 e. The highest BCUT2D eigenvalue weighted by Gasteiger charge is 2.50. The van der Waals surface area contributed by atoms with Crippen LogP contribution in [-0.2, 0) is 19.9 Å². The highest BCUT2D eigenvalue weighted by molar-refractivity contribution is 6.09. The molecule has 1 heterocycles. The van der Waals surface area contributed by atoms with Gasteiger partial charge in [0.25, 0.3) is 5.91 Å². The molecule has 0 aromatic heterocycles. The molecule has 9 heteroatoms. The Morgan fingerprint density at radius 2 is 1.79 bits per heavy atom. The second kappa shape index (κ2) is 9.81. The Morgan fingerprint density at radius 3 is 2.45 bits per heavy atom. The summed E-state index contributed by atoms with van der Waals surface area (Å²) in [6, 6.07) is 12.1. The Kier molecular flexibility index (Phi) is 7.10. The molecule has 174 valence electrons. The van der Waals surface area contributed by atoms with E-state index in [1.54, 1.807) is 18.2 Å². The number of carbonyl (C=O) groups excluding carboxylic acids is 4. The minimum Gasteiger partial charge on any atom is -0.332 e. The van der Waals surface area contributed by atoms with Crippen LogP contribution in [0.2, 0.25) is 0 Å². The molecule has 5 amide bonds. The number of benzene rings is 2. The Hall–Kier alpha value is -3.75. The average Bonchev–Trinajstić information content (AvgIpc) is 2.99. The number of anilines is 1. The lowest BCUT2D eigenvalue weighted by Gasteiger charge is -2.25. The first kappa shape index (κ1) is 23.9. The molecule has 0 aliphatic carbocycles. The zero-order chi connectivity index (χ0) is 24.2. The van der Waals surface area contributed by atoms with Crippen LogP contribution in [0.3, 0.4) is 0 Å². The maximum atomic E-state index is 14.3. The van der Waals surface area contributed by atoms with Crippen molar-refractivity contribution in [3.8, 4) is 0 Å². The molecule has 2 aromatic carbocycles. The molecule has 1 aliphatic heterocycles. The summed E-state index contributed by atoms with van der Waals surface area (Å²) in [5.41, 5.74) is -0.0889. The Morgan fingerprint density at radius 1 is 1.12 bits per heavy atom. The van der Waals surface area contributed by atoms with E-state index in [4.69, 9.17) is 0 Å². The van der Waals surface area contributed by atoms with Crippen LogP contribution in [0.15, 0.2) is 48.5 Å². The quantitative estimate of drug-likeness (QED) is 0.599. The molecule has 1 fully saturated rings. The van der Waals surface area contributed by atoms with Gasteiger partial charge in [0.05, 0.1) is 6.54 Å². The van der Waals surface area contributed by atoms with Gasteiger partial charge in [-0.15, -0.1) is 0 Å². The fourth-order valence-electron chi connectivity index (χ4n) is 3.76. The van der Waals surface area contributed by atoms with E-state index < -0.39 is 35.7 Å². The van der Waals surface area contributed by atoms with E-state index in [0.717, 1.165) is 10.5 Å². The molecular formula is C24H27FN4O4. The van der Waals surface area contributed by atoms with E-state index in [-0.39, 0.29) is 24.6 Å². The molecule has 8 nitrogen and oxygen atoms in total. The second-order valence-corrected chi connectivity index (χ2v) is 8.10. The molecule has 0 spiro atoms. The number of halogens is 1. The molecule has 1 saturated heterocycles. The summed E-state index contributed by atoms with van der Waals surface area (Å²) in [5, 5.41) is 5.26. The second-order valence-electron chi connectivity index (χ2n) is 8.10. The summed E-state index contributed by atoms with van der Waals surface area (Å²) < 4.78 is 14.3. The summed E-state index contributed by atoms with van der Waals surface area (Å²) in [6.45, 7) is 4.60. The van der Waals surface area contributed by atoms with Crippen molar-refractivity contribution in [2.45, 2.75) is 32.7 Å². The third-order valence-corrected chi connectivity index (χ3v) is 5.58. The van der Waals surface area contributed by atoms with E-state index in [1.165, 1.54) is 30.0 Å². The first-order valence-electron chi connectivity index (χ1n) is 10.7. The number of carbonyl (C=O) groups is 4. The molecular weight excluding hydrogens is 427 g/mol. The predicted molar refractivity (Wildman–Crippen MR) is 121 cm³/mol. The summed E-state index contributed by atoms with van der Waals surface area (Å²) in [7, 11) is 0. The van der Waals surface area contributed by atoms with Crippen LogP contribution < -0.4 is 10.6 Å². The first-order chi connectivity index (χ1) is 15.7. The van der Waals surface area contributed by atoms with Gasteiger partial charge in [-0.25, -0.2) is 9.18 Å². The van der Waals surface area contributed by atoms with Gasteiger partial charge in [-0.2, -0.15) is 0 Å². The van der Waals surface area contributed by atoms with Crippen molar-refractivity contribution >= 4 is 29.4 Å². The van der Waals surface area contributed by atoms with Gasteiger partial charge in [0.1, 0.15) is 17.9 Å². The maximum absolute atomic E-state index is 14.3. The Bertz CT molecular complexity index is 1090. The highest BCUT2D eigenvalue weighted by atomic mass is 19.1. The van der Waals surface area contributed by atoms with E-state index >= 15 is 0 Å². The number of nitrogens with zero attached hydrogens (tertiary/aromatic N) is 2. The maximum Gasteiger partial charge on any atom is 0.325 e. The van der Waals surface area contributed by atoms with Crippen molar-refractivity contribution in [3.63, 3.8) is 0 Å². The molecule has 1 aliphatic rings. The van der Waals surface area contributed by atoms with Crippen molar-refractivity contribution in [2.75, 3.05) is 25.0 Å². The van der Waals surface area contributed by atoms with Gasteiger partial charge in [0.15, 0.2) is 0 Å². The summed E-state index contributed by atoms with van der Waals surface area (Å²) >= 11 is 0. The van der Waals surface area contributed by atoms with Crippen molar-refractivity contribution in [1.29, 1.82) is 0 Å². The van der Waals surface area contributed by atoms with Crippen LogP contribution in [0.1, 0.15) is 31.4 Å². The zero-order valence-electron chi connectivity index (χ0n) is 18.9. The van der Waals surface area contributed by atoms with E-state index in [1.807, 2.05) is 26.0 Å². The van der Waals surface area contributed by atoms with Crippen molar-refractivity contribution in [2.24, 2.45) is 0 Å². The number of hydrogen-bond acceptors (Lipinski definition) is 4. The lowest BCUT2D eigenvalue weighted by Crippen LogP contribution is -2.46. The molecule has 0 saturated carbocycles. The van der Waals surface area contributed by atoms with Crippen LogP contribution in [0.25, 0.3) is 0 Å². The summed E-state index contributed by atoms with van der Waals surface area (Å²) in [4.78, 5) is 53.1. The van der Waals surface area contributed by atoms with Gasteiger partial charge >= 0.3 is 6.03 Å². The van der Waals surface area contributed by atoms with E-state index in [0.29, 0.717) is 12.1 Å². The minimum atomic E-state index is -1.62. The van der Waals surface area contributed by atoms with Gasteiger partial charge in [-0.05, 0) is 38.0 Å². The Labute approximate surface area is 191 Å². The number of imide groups is 1. The van der Waals surface area contributed by atoms with Crippen molar-refractivity contribution in [1.82, 2.24) is 15.1 Å². The molecule has 3 rings (SSSR count). The SMILES string of the molecule is CCCN(CC(=O)Nc1ccccc1C)C(=O)CN1C(=O)NC(C)(c2ccccc2F)C1=O. The number of urea groups is 1. The van der Waals surface area contributed by atoms with Crippen LogP contribution in [-0.4, -0.2) is 53.2 Å². The normalized spacial score (nSPS) is 17.6. The standard InChI is InChI=1S/C24H27FN4O4/c1-4-13-28(14-20(30)26-19-12-8-5-9-16(19)2)21(31)15-29-22(32)24(3,27-23(29)33)17-10-6-7-11-18(17)25/h5-12H,4,13-15H2,1-3H3,(H,26,30)(H,27,33). The fourth-order valence-corrected chi connectivity index (χ4v) is 3.76. The third-order valence-electron chi connectivity index (χ3n) is 5.58. The first-order valence-corrected chi connectivity index (χ1v) is 10.7. The van der Waals surface area contributed by atoms with Gasteiger partial charge in [-0.1, -0.05) is 43.3 Å². The topological polar surface area (TPSA) is 98.8 Å². The Balaban J connectivity index is 1.71. The zero-order valence-corrected chi connectivity index (χ0v) is 18.9. The van der Waals surface area contributed by atoms with Gasteiger partial charge in [0.2, 0.25) is 11.8 Å². The largest absolute Gasteiger partial charge is 0.332 e. The van der Waals surface area contributed by atoms with Gasteiger partial charge in [0, 0.05) is 17.8 Å². The molecule has 1 unspecified atom stereocenters. The number of hydrogen-bond donors (Lipinski definition) is 2. The molecule has 2 aromatic rings. The van der Waals surface area contributed by atoms with Gasteiger partial charge in [-0.3, -0.25) is 19.3 Å². The minimum absolute atomic E-state index is 0.0151. The van der Waals surface area contributed by atoms with Crippen LogP contribution in [0.4, 0.5) is 14.9 Å². The van der Waals surface area contributed by atoms with Crippen molar-refractivity contribution < 1.29 is 23.6 Å². The molecule has 0 bridgehead atoms. The van der Waals surface area contributed by atoms with Gasteiger partial charge < -0.3 is 15.5 Å². The van der Waals surface area contributed by atoms with Crippen LogP contribution in [0.5, 0.6) is 0 Å². The molecule has 1 atom stereocenters. The molecule has 33 heavy (non-hydrogen) atoms. The number of aryl methyl sites for hydroxylation is 1. The lowest BCUT2D eigenvalue weighted by atomic mass is 9.91. The number of rotatable bonds is 8. The number of amides is 5.